The second-order valence-corrected chi connectivity index (χ2v) is 25.0. The van der Waals surface area contributed by atoms with Crippen LogP contribution in [-0.2, 0) is 23.8 Å². The molecule has 0 aromatic heterocycles. The smallest absolute Gasteiger partial charge is 0.306 e. The summed E-state index contributed by atoms with van der Waals surface area (Å²) in [6.07, 6.45) is 68.4. The summed E-state index contributed by atoms with van der Waals surface area (Å²) in [7, 11) is 0. The van der Waals surface area contributed by atoms with E-state index in [0.717, 1.165) is 77.0 Å². The fourth-order valence-electron chi connectivity index (χ4n) is 11.2. The average Bonchev–Trinajstić information content (AvgIpc) is 3.59. The van der Waals surface area contributed by atoms with Gasteiger partial charge in [0.05, 0.1) is 25.4 Å². The lowest BCUT2D eigenvalue weighted by molar-refractivity contribution is -0.305. The molecule has 11 nitrogen and oxygen atoms in total. The number of carbonyl (C=O) groups excluding carboxylic acids is 2. The molecule has 1 saturated heterocycles. The van der Waals surface area contributed by atoms with Crippen molar-refractivity contribution in [2.45, 2.75) is 384 Å². The average molecular weight is 1200 g/mol. The van der Waals surface area contributed by atoms with Crippen molar-refractivity contribution < 1.29 is 49.3 Å². The lowest BCUT2D eigenvalue weighted by Gasteiger charge is -2.41. The van der Waals surface area contributed by atoms with Crippen LogP contribution in [0.5, 0.6) is 0 Å². The zero-order valence-electron chi connectivity index (χ0n) is 55.2. The van der Waals surface area contributed by atoms with Crippen LogP contribution in [0.4, 0.5) is 0 Å². The molecule has 0 aliphatic carbocycles. The standard InChI is InChI=1S/C74H135NO10/c1-4-7-10-13-16-19-22-24-26-28-30-31-32-33-34-35-36-38-39-41-43-46-49-52-55-58-61-67(78)73(82)75-65(66(77)60-57-54-51-48-45-21-18-15-12-9-6-3)64-83-74-72(71(81)70(80)68(63-76)84-74)85-69(79)62-59-56-53-50-47-44-42-40-37-29-27-25-23-20-17-14-11-8-5-2/h16-17,19-20,24-27,57,60,65-68,70-72,74,76-78,80-81H,4-15,18,21-23,28-56,58-59,61-64H2,1-3H3,(H,75,82)/b19-16-,20-17-,26-24-,27-25-,60-57+. The van der Waals surface area contributed by atoms with E-state index in [9.17, 15) is 35.1 Å². The van der Waals surface area contributed by atoms with Gasteiger partial charge in [0.1, 0.15) is 24.4 Å². The highest BCUT2D eigenvalue weighted by Gasteiger charge is 2.47. The topological polar surface area (TPSA) is 175 Å². The van der Waals surface area contributed by atoms with E-state index in [2.05, 4.69) is 74.7 Å². The zero-order valence-corrected chi connectivity index (χ0v) is 55.2. The summed E-state index contributed by atoms with van der Waals surface area (Å²) in [6.45, 7) is 5.77. The first-order chi connectivity index (χ1) is 41.7. The predicted octanol–water partition coefficient (Wildman–Crippen LogP) is 18.5. The number of ether oxygens (including phenoxy) is 3. The van der Waals surface area contributed by atoms with Crippen LogP contribution in [0.3, 0.4) is 0 Å². The first kappa shape index (κ1) is 80.4. The highest BCUT2D eigenvalue weighted by Crippen LogP contribution is 2.26. The molecule has 6 N–H and O–H groups in total. The molecule has 1 fully saturated rings. The van der Waals surface area contributed by atoms with Crippen molar-refractivity contribution in [1.82, 2.24) is 5.32 Å². The molecule has 1 heterocycles. The van der Waals surface area contributed by atoms with Crippen LogP contribution in [0.15, 0.2) is 60.8 Å². The first-order valence-corrected chi connectivity index (χ1v) is 36.1. The molecule has 0 radical (unpaired) electrons. The molecule has 1 amide bonds. The normalized spacial score (nSPS) is 18.7. The molecule has 0 bridgehead atoms. The van der Waals surface area contributed by atoms with E-state index in [-0.39, 0.29) is 13.0 Å². The molecule has 0 spiro atoms. The Kier molecular flexibility index (Phi) is 58.2. The number of amides is 1. The van der Waals surface area contributed by atoms with E-state index >= 15 is 0 Å². The van der Waals surface area contributed by atoms with E-state index in [0.29, 0.717) is 19.3 Å². The molecule has 8 unspecified atom stereocenters. The third-order valence-electron chi connectivity index (χ3n) is 16.9. The number of hydrogen-bond donors (Lipinski definition) is 6. The van der Waals surface area contributed by atoms with Crippen LogP contribution in [0, 0.1) is 0 Å². The summed E-state index contributed by atoms with van der Waals surface area (Å²) >= 11 is 0. The molecule has 0 aromatic carbocycles. The Bertz CT molecular complexity index is 1620. The predicted molar refractivity (Wildman–Crippen MR) is 356 cm³/mol. The lowest BCUT2D eigenvalue weighted by atomic mass is 9.99. The third kappa shape index (κ3) is 48.9. The molecule has 11 heteroatoms. The van der Waals surface area contributed by atoms with Crippen LogP contribution in [0.1, 0.15) is 335 Å². The van der Waals surface area contributed by atoms with Crippen LogP contribution >= 0.6 is 0 Å². The van der Waals surface area contributed by atoms with Crippen LogP contribution in [0.2, 0.25) is 0 Å². The highest BCUT2D eigenvalue weighted by atomic mass is 16.7. The van der Waals surface area contributed by atoms with E-state index in [1.807, 2.05) is 6.08 Å². The Morgan fingerprint density at radius 1 is 0.459 bits per heavy atom. The largest absolute Gasteiger partial charge is 0.454 e. The molecule has 0 aromatic rings. The lowest BCUT2D eigenvalue weighted by Crippen LogP contribution is -2.61. The van der Waals surface area contributed by atoms with Crippen molar-refractivity contribution in [1.29, 1.82) is 0 Å². The van der Waals surface area contributed by atoms with Crippen molar-refractivity contribution >= 4 is 11.9 Å². The second-order valence-electron chi connectivity index (χ2n) is 25.0. The highest BCUT2D eigenvalue weighted by molar-refractivity contribution is 5.80. The van der Waals surface area contributed by atoms with E-state index < -0.39 is 67.4 Å². The van der Waals surface area contributed by atoms with Gasteiger partial charge in [-0.3, -0.25) is 9.59 Å². The summed E-state index contributed by atoms with van der Waals surface area (Å²) < 4.78 is 17.7. The van der Waals surface area contributed by atoms with Gasteiger partial charge in [-0.15, -0.1) is 0 Å². The van der Waals surface area contributed by atoms with Gasteiger partial charge in [-0.05, 0) is 89.9 Å². The Labute approximate surface area is 522 Å². The minimum atomic E-state index is -1.62. The Balaban J connectivity index is 2.53. The van der Waals surface area contributed by atoms with Crippen molar-refractivity contribution in [3.63, 3.8) is 0 Å². The third-order valence-corrected chi connectivity index (χ3v) is 16.9. The quantitative estimate of drug-likeness (QED) is 0.0195. The minimum absolute atomic E-state index is 0.119. The molecule has 496 valence electrons. The maximum absolute atomic E-state index is 13.5. The van der Waals surface area contributed by atoms with Gasteiger partial charge >= 0.3 is 5.97 Å². The number of unbranched alkanes of at least 4 members (excludes halogenated alkanes) is 40. The molecule has 1 rings (SSSR count). The second kappa shape index (κ2) is 61.6. The maximum atomic E-state index is 13.5. The van der Waals surface area contributed by atoms with Gasteiger partial charge in [-0.2, -0.15) is 0 Å². The van der Waals surface area contributed by atoms with Crippen LogP contribution < -0.4 is 5.32 Å². The minimum Gasteiger partial charge on any atom is -0.454 e. The van der Waals surface area contributed by atoms with Gasteiger partial charge in [0.25, 0.3) is 0 Å². The summed E-state index contributed by atoms with van der Waals surface area (Å²) in [5.74, 6) is -1.19. The molecular weight excluding hydrogens is 1060 g/mol. The van der Waals surface area contributed by atoms with Crippen LogP contribution in [0.25, 0.3) is 0 Å². The SMILES string of the molecule is CCCCC/C=C\C/C=C\CCCCCCCCCCCCCCCCCCC(O)C(=O)NC(COC1OC(CO)C(O)C(O)C1OC(=O)CCCCCCCCCCC/C=C\C/C=C\CCCCC)C(O)/C=C/CCCCCCCCCCC. The van der Waals surface area contributed by atoms with Crippen molar-refractivity contribution in [3.05, 3.63) is 60.8 Å². The number of carbonyl (C=O) groups is 2. The van der Waals surface area contributed by atoms with Gasteiger partial charge < -0.3 is 45.1 Å². The molecule has 8 atom stereocenters. The number of esters is 1. The molecule has 1 aliphatic heterocycles. The van der Waals surface area contributed by atoms with Gasteiger partial charge in [-0.1, -0.05) is 300 Å². The van der Waals surface area contributed by atoms with Gasteiger partial charge in [0.15, 0.2) is 12.4 Å². The van der Waals surface area contributed by atoms with Crippen molar-refractivity contribution in [2.24, 2.45) is 0 Å². The number of allylic oxidation sites excluding steroid dienone is 9. The fraction of sp³-hybridized carbons (Fsp3) is 0.838. The van der Waals surface area contributed by atoms with Crippen LogP contribution in [-0.4, -0.2) is 99.6 Å². The van der Waals surface area contributed by atoms with Gasteiger partial charge in [0, 0.05) is 6.42 Å². The number of rotatable bonds is 62. The van der Waals surface area contributed by atoms with E-state index in [1.54, 1.807) is 6.08 Å². The maximum Gasteiger partial charge on any atom is 0.306 e. The molecular formula is C74H135NO10. The number of aliphatic hydroxyl groups excluding tert-OH is 5. The van der Waals surface area contributed by atoms with Gasteiger partial charge in [0.2, 0.25) is 5.91 Å². The summed E-state index contributed by atoms with van der Waals surface area (Å²) in [6, 6.07) is -1.02. The number of nitrogens with one attached hydrogen (secondary N) is 1. The fourth-order valence-corrected chi connectivity index (χ4v) is 11.2. The summed E-state index contributed by atoms with van der Waals surface area (Å²) in [4.78, 5) is 26.7. The van der Waals surface area contributed by atoms with E-state index in [1.165, 1.54) is 212 Å². The first-order valence-electron chi connectivity index (χ1n) is 36.1. The Morgan fingerprint density at radius 2 is 0.812 bits per heavy atom. The van der Waals surface area contributed by atoms with Gasteiger partial charge in [-0.25, -0.2) is 0 Å². The monoisotopic (exact) mass is 1200 g/mol. The van der Waals surface area contributed by atoms with E-state index in [4.69, 9.17) is 14.2 Å². The molecule has 0 saturated carbocycles. The summed E-state index contributed by atoms with van der Waals surface area (Å²) in [5, 5.41) is 57.2. The Morgan fingerprint density at radius 3 is 1.22 bits per heavy atom. The zero-order chi connectivity index (χ0) is 61.7. The van der Waals surface area contributed by atoms with Crippen molar-refractivity contribution in [2.75, 3.05) is 13.2 Å². The number of hydrogen-bond acceptors (Lipinski definition) is 10. The Hall–Kier alpha value is -2.64. The number of aliphatic hydroxyl groups is 5. The molecule has 1 aliphatic rings. The summed E-state index contributed by atoms with van der Waals surface area (Å²) in [5.41, 5.74) is 0. The van der Waals surface area contributed by atoms with Crippen molar-refractivity contribution in [3.8, 4) is 0 Å². The molecule has 85 heavy (non-hydrogen) atoms.